The van der Waals surface area contributed by atoms with Crippen molar-refractivity contribution in [3.8, 4) is 6.07 Å². The van der Waals surface area contributed by atoms with Crippen molar-refractivity contribution in [1.29, 1.82) is 5.26 Å². The third-order valence-corrected chi connectivity index (χ3v) is 4.33. The number of nitriles is 1. The molecule has 124 valence electrons. The first-order valence-electron chi connectivity index (χ1n) is 7.93. The average Bonchev–Trinajstić information content (AvgIpc) is 2.63. The second-order valence-corrected chi connectivity index (χ2v) is 6.06. The molecule has 0 atom stereocenters. The number of hydrogen-bond donors (Lipinski definition) is 1. The molecule has 1 aliphatic heterocycles. The van der Waals surface area contributed by atoms with Crippen LogP contribution in [0.25, 0.3) is 0 Å². The molecular formula is C18H19ClN4O. The van der Waals surface area contributed by atoms with Crippen molar-refractivity contribution in [2.24, 2.45) is 0 Å². The Hall–Kier alpha value is -2.13. The number of anilines is 1. The van der Waals surface area contributed by atoms with Crippen molar-refractivity contribution in [1.82, 2.24) is 9.88 Å². The van der Waals surface area contributed by atoms with Gasteiger partial charge in [0.2, 0.25) is 0 Å². The summed E-state index contributed by atoms with van der Waals surface area (Å²) in [6, 6.07) is 13.8. The van der Waals surface area contributed by atoms with Crippen LogP contribution in [-0.2, 0) is 17.8 Å². The van der Waals surface area contributed by atoms with Crippen LogP contribution in [0.1, 0.15) is 16.8 Å². The van der Waals surface area contributed by atoms with Crippen LogP contribution in [0.3, 0.4) is 0 Å². The molecule has 1 N–H and O–H groups in total. The highest BCUT2D eigenvalue weighted by atomic mass is 35.5. The third kappa shape index (κ3) is 4.24. The van der Waals surface area contributed by atoms with Gasteiger partial charge in [0.15, 0.2) is 5.69 Å². The summed E-state index contributed by atoms with van der Waals surface area (Å²) in [4.78, 5) is 6.62. The molecule has 2 aromatic rings. The molecule has 1 fully saturated rings. The standard InChI is InChI=1S/C18H19ClN4O/c19-16-5-6-18(22-17(16)11-20)21-12-14-3-1-2-4-15(14)13-23-7-9-24-10-8-23/h1-6H,7-10,12-13H2,(H,21,22). The Morgan fingerprint density at radius 2 is 1.92 bits per heavy atom. The second kappa shape index (κ2) is 8.11. The number of nitrogens with zero attached hydrogens (tertiary/aromatic N) is 3. The van der Waals surface area contributed by atoms with E-state index in [0.717, 1.165) is 32.8 Å². The molecule has 5 nitrogen and oxygen atoms in total. The first-order valence-corrected chi connectivity index (χ1v) is 8.31. The van der Waals surface area contributed by atoms with Gasteiger partial charge in [0, 0.05) is 26.2 Å². The number of ether oxygens (including phenoxy) is 1. The Morgan fingerprint density at radius 3 is 2.67 bits per heavy atom. The Labute approximate surface area is 146 Å². The van der Waals surface area contributed by atoms with Crippen LogP contribution >= 0.6 is 11.6 Å². The number of hydrogen-bond acceptors (Lipinski definition) is 5. The molecule has 1 saturated heterocycles. The van der Waals surface area contributed by atoms with Gasteiger partial charge in [-0.05, 0) is 23.3 Å². The van der Waals surface area contributed by atoms with Crippen LogP contribution in [0.15, 0.2) is 36.4 Å². The van der Waals surface area contributed by atoms with Crippen LogP contribution in [0.2, 0.25) is 5.02 Å². The van der Waals surface area contributed by atoms with E-state index in [9.17, 15) is 0 Å². The lowest BCUT2D eigenvalue weighted by Crippen LogP contribution is -2.35. The highest BCUT2D eigenvalue weighted by molar-refractivity contribution is 6.31. The molecule has 0 bridgehead atoms. The van der Waals surface area contributed by atoms with Gasteiger partial charge < -0.3 is 10.1 Å². The predicted octanol–water partition coefficient (Wildman–Crippen LogP) is 3.05. The zero-order chi connectivity index (χ0) is 16.8. The largest absolute Gasteiger partial charge is 0.379 e. The van der Waals surface area contributed by atoms with Crippen molar-refractivity contribution in [3.63, 3.8) is 0 Å². The number of pyridine rings is 1. The number of halogens is 1. The molecule has 0 unspecified atom stereocenters. The maximum atomic E-state index is 9.01. The predicted molar refractivity (Wildman–Crippen MR) is 93.8 cm³/mol. The van der Waals surface area contributed by atoms with Crippen molar-refractivity contribution in [2.75, 3.05) is 31.6 Å². The van der Waals surface area contributed by atoms with Crippen molar-refractivity contribution in [2.45, 2.75) is 13.1 Å². The summed E-state index contributed by atoms with van der Waals surface area (Å²) in [5, 5.41) is 12.7. The Bertz CT molecular complexity index is 738. The van der Waals surface area contributed by atoms with E-state index in [4.69, 9.17) is 21.6 Å². The van der Waals surface area contributed by atoms with Crippen LogP contribution in [0, 0.1) is 11.3 Å². The van der Waals surface area contributed by atoms with Crippen LogP contribution in [0.5, 0.6) is 0 Å². The molecule has 24 heavy (non-hydrogen) atoms. The van der Waals surface area contributed by atoms with E-state index in [1.165, 1.54) is 11.1 Å². The van der Waals surface area contributed by atoms with Gasteiger partial charge in [-0.3, -0.25) is 4.90 Å². The molecule has 0 aliphatic carbocycles. The maximum absolute atomic E-state index is 9.01. The highest BCUT2D eigenvalue weighted by Gasteiger charge is 2.12. The monoisotopic (exact) mass is 342 g/mol. The van der Waals surface area contributed by atoms with Crippen LogP contribution in [-0.4, -0.2) is 36.2 Å². The summed E-state index contributed by atoms with van der Waals surface area (Å²) < 4.78 is 5.41. The molecule has 0 saturated carbocycles. The van der Waals surface area contributed by atoms with E-state index in [0.29, 0.717) is 17.4 Å². The van der Waals surface area contributed by atoms with Gasteiger partial charge in [-0.1, -0.05) is 35.9 Å². The maximum Gasteiger partial charge on any atom is 0.161 e. The number of nitrogens with one attached hydrogen (secondary N) is 1. The second-order valence-electron chi connectivity index (χ2n) is 5.65. The van der Waals surface area contributed by atoms with Crippen molar-refractivity contribution in [3.05, 3.63) is 58.2 Å². The van der Waals surface area contributed by atoms with Gasteiger partial charge in [0.25, 0.3) is 0 Å². The summed E-state index contributed by atoms with van der Waals surface area (Å²) in [6.45, 7) is 5.09. The Balaban J connectivity index is 1.68. The summed E-state index contributed by atoms with van der Waals surface area (Å²) in [7, 11) is 0. The van der Waals surface area contributed by atoms with Gasteiger partial charge in [-0.25, -0.2) is 4.98 Å². The minimum Gasteiger partial charge on any atom is -0.379 e. The van der Waals surface area contributed by atoms with Crippen LogP contribution in [0.4, 0.5) is 5.82 Å². The Kier molecular flexibility index (Phi) is 5.65. The lowest BCUT2D eigenvalue weighted by molar-refractivity contribution is 0.0341. The first kappa shape index (κ1) is 16.7. The van der Waals surface area contributed by atoms with Crippen molar-refractivity contribution < 1.29 is 4.74 Å². The van der Waals surface area contributed by atoms with Crippen LogP contribution < -0.4 is 5.32 Å². The summed E-state index contributed by atoms with van der Waals surface area (Å²) in [5.41, 5.74) is 2.75. The molecule has 6 heteroatoms. The lowest BCUT2D eigenvalue weighted by atomic mass is 10.1. The first-order chi connectivity index (χ1) is 11.8. The van der Waals surface area contributed by atoms with E-state index in [1.54, 1.807) is 12.1 Å². The quantitative estimate of drug-likeness (QED) is 0.905. The molecule has 2 heterocycles. The average molecular weight is 343 g/mol. The van der Waals surface area contributed by atoms with Gasteiger partial charge in [0.1, 0.15) is 11.9 Å². The van der Waals surface area contributed by atoms with Crippen molar-refractivity contribution >= 4 is 17.4 Å². The van der Waals surface area contributed by atoms with Gasteiger partial charge >= 0.3 is 0 Å². The van der Waals surface area contributed by atoms with Gasteiger partial charge in [0.05, 0.1) is 18.2 Å². The highest BCUT2D eigenvalue weighted by Crippen LogP contribution is 2.18. The minimum atomic E-state index is 0.239. The number of benzene rings is 1. The molecule has 0 radical (unpaired) electrons. The molecule has 3 rings (SSSR count). The zero-order valence-electron chi connectivity index (χ0n) is 13.3. The summed E-state index contributed by atoms with van der Waals surface area (Å²) in [5.74, 6) is 0.650. The fourth-order valence-electron chi connectivity index (χ4n) is 2.69. The summed E-state index contributed by atoms with van der Waals surface area (Å²) >= 11 is 5.92. The fraction of sp³-hybridized carbons (Fsp3) is 0.333. The topological polar surface area (TPSA) is 61.2 Å². The van der Waals surface area contributed by atoms with Gasteiger partial charge in [-0.15, -0.1) is 0 Å². The molecule has 0 amide bonds. The zero-order valence-corrected chi connectivity index (χ0v) is 14.1. The molecular weight excluding hydrogens is 324 g/mol. The molecule has 0 spiro atoms. The van der Waals surface area contributed by atoms with E-state index in [2.05, 4.69) is 33.4 Å². The van der Waals surface area contributed by atoms with E-state index in [1.807, 2.05) is 12.1 Å². The normalized spacial score (nSPS) is 15.0. The SMILES string of the molecule is N#Cc1nc(NCc2ccccc2CN2CCOCC2)ccc1Cl. The number of aromatic nitrogens is 1. The molecule has 1 aromatic heterocycles. The van der Waals surface area contributed by atoms with E-state index < -0.39 is 0 Å². The fourth-order valence-corrected chi connectivity index (χ4v) is 2.84. The molecule has 1 aromatic carbocycles. The lowest BCUT2D eigenvalue weighted by Gasteiger charge is -2.27. The third-order valence-electron chi connectivity index (χ3n) is 4.03. The Morgan fingerprint density at radius 1 is 1.17 bits per heavy atom. The molecule has 1 aliphatic rings. The minimum absolute atomic E-state index is 0.239. The van der Waals surface area contributed by atoms with E-state index in [-0.39, 0.29) is 5.69 Å². The summed E-state index contributed by atoms with van der Waals surface area (Å²) in [6.07, 6.45) is 0. The van der Waals surface area contributed by atoms with E-state index >= 15 is 0 Å². The number of rotatable bonds is 5. The van der Waals surface area contributed by atoms with Gasteiger partial charge in [-0.2, -0.15) is 5.26 Å². The number of morpholine rings is 1. The smallest absolute Gasteiger partial charge is 0.161 e.